The van der Waals surface area contributed by atoms with Crippen LogP contribution in [0.3, 0.4) is 0 Å². The molecule has 1 rings (SSSR count). The predicted molar refractivity (Wildman–Crippen MR) is 70.1 cm³/mol. The molecule has 1 atom stereocenters. The third-order valence-electron chi connectivity index (χ3n) is 3.63. The first kappa shape index (κ1) is 15.9. The molecule has 0 bridgehead atoms. The largest absolute Gasteiger partial charge is 0.465 e. The maximum absolute atomic E-state index is 12.5. The molecule has 0 unspecified atom stereocenters. The van der Waals surface area contributed by atoms with Crippen LogP contribution < -0.4 is 0 Å². The average Bonchev–Trinajstić information content (AvgIpc) is 2.42. The number of alkyl halides is 1. The highest BCUT2D eigenvalue weighted by Crippen LogP contribution is 2.41. The third kappa shape index (κ3) is 3.68. The molecule has 1 aliphatic heterocycles. The molecular formula is C12H20BClF2O2. The third-order valence-corrected chi connectivity index (χ3v) is 3.90. The number of allylic oxidation sites excluding steroid dienone is 1. The summed E-state index contributed by atoms with van der Waals surface area (Å²) in [5.41, 5.74) is -1.00. The van der Waals surface area contributed by atoms with Crippen molar-refractivity contribution >= 4 is 18.7 Å². The van der Waals surface area contributed by atoms with Gasteiger partial charge in [-0.15, -0.1) is 11.6 Å². The second-order valence-corrected chi connectivity index (χ2v) is 5.95. The zero-order chi connectivity index (χ0) is 14.0. The molecule has 0 saturated carbocycles. The standard InChI is InChI=1S/C12H20BClF2O2/c1-11(2)12(3,4)18-13(17-11)9(6-5-7-14)8-10(15)16/h8-9H,5-7H2,1-4H3/t9-/m1/s1. The monoisotopic (exact) mass is 280 g/mol. The second-order valence-electron chi connectivity index (χ2n) is 5.58. The van der Waals surface area contributed by atoms with E-state index in [9.17, 15) is 8.78 Å². The van der Waals surface area contributed by atoms with Gasteiger partial charge in [-0.1, -0.05) is 0 Å². The van der Waals surface area contributed by atoms with Crippen molar-refractivity contribution in [2.24, 2.45) is 0 Å². The molecule has 0 radical (unpaired) electrons. The van der Waals surface area contributed by atoms with Gasteiger partial charge in [-0.3, -0.25) is 0 Å². The predicted octanol–water partition coefficient (Wildman–Crippen LogP) is 4.25. The van der Waals surface area contributed by atoms with Crippen LogP contribution in [0.4, 0.5) is 8.78 Å². The van der Waals surface area contributed by atoms with Crippen molar-refractivity contribution in [3.8, 4) is 0 Å². The van der Waals surface area contributed by atoms with Crippen LogP contribution in [0.15, 0.2) is 12.2 Å². The Hall–Kier alpha value is -0.125. The molecule has 2 nitrogen and oxygen atoms in total. The average molecular weight is 281 g/mol. The van der Waals surface area contributed by atoms with Crippen LogP contribution in [0, 0.1) is 0 Å². The van der Waals surface area contributed by atoms with E-state index in [0.29, 0.717) is 18.7 Å². The molecule has 1 heterocycles. The Kier molecular flexibility index (Phi) is 5.21. The lowest BCUT2D eigenvalue weighted by atomic mass is 9.69. The van der Waals surface area contributed by atoms with Gasteiger partial charge in [0.1, 0.15) is 0 Å². The zero-order valence-corrected chi connectivity index (χ0v) is 12.1. The Bertz CT molecular complexity index is 301. The van der Waals surface area contributed by atoms with Crippen molar-refractivity contribution < 1.29 is 18.1 Å². The molecule has 0 spiro atoms. The first-order valence-electron chi connectivity index (χ1n) is 6.14. The van der Waals surface area contributed by atoms with Crippen LogP contribution in [-0.4, -0.2) is 24.2 Å². The van der Waals surface area contributed by atoms with Gasteiger partial charge in [0.2, 0.25) is 0 Å². The maximum atomic E-state index is 12.5. The lowest BCUT2D eigenvalue weighted by molar-refractivity contribution is 0.00578. The van der Waals surface area contributed by atoms with Gasteiger partial charge in [0.15, 0.2) is 0 Å². The van der Waals surface area contributed by atoms with Crippen molar-refractivity contribution in [1.29, 1.82) is 0 Å². The van der Waals surface area contributed by atoms with Crippen LogP contribution in [-0.2, 0) is 9.31 Å². The minimum atomic E-state index is -1.70. The van der Waals surface area contributed by atoms with E-state index in [4.69, 9.17) is 20.9 Å². The minimum absolute atomic E-state index is 0.442. The first-order valence-corrected chi connectivity index (χ1v) is 6.67. The summed E-state index contributed by atoms with van der Waals surface area (Å²) in [6, 6.07) is 0. The number of hydrogen-bond acceptors (Lipinski definition) is 2. The molecule has 0 aromatic heterocycles. The Balaban J connectivity index is 2.80. The van der Waals surface area contributed by atoms with Gasteiger partial charge >= 0.3 is 7.12 Å². The normalized spacial score (nSPS) is 22.9. The van der Waals surface area contributed by atoms with E-state index in [1.807, 2.05) is 27.7 Å². The van der Waals surface area contributed by atoms with Crippen molar-refractivity contribution in [3.05, 3.63) is 12.2 Å². The smallest absolute Gasteiger partial charge is 0.403 e. The van der Waals surface area contributed by atoms with E-state index in [0.717, 1.165) is 6.08 Å². The number of hydrogen-bond donors (Lipinski definition) is 0. The van der Waals surface area contributed by atoms with E-state index < -0.39 is 30.2 Å². The summed E-state index contributed by atoms with van der Waals surface area (Å²) in [5, 5.41) is 0. The fourth-order valence-corrected chi connectivity index (χ4v) is 1.99. The van der Waals surface area contributed by atoms with Crippen LogP contribution in [0.2, 0.25) is 5.82 Å². The lowest BCUT2D eigenvalue weighted by Crippen LogP contribution is -2.41. The Labute approximate surface area is 113 Å². The second kappa shape index (κ2) is 5.89. The van der Waals surface area contributed by atoms with Crippen LogP contribution in [0.1, 0.15) is 40.5 Å². The van der Waals surface area contributed by atoms with Gasteiger partial charge in [-0.25, -0.2) is 0 Å². The highest BCUT2D eigenvalue weighted by molar-refractivity contribution is 6.48. The van der Waals surface area contributed by atoms with E-state index in [1.165, 1.54) is 0 Å². The van der Waals surface area contributed by atoms with Crippen molar-refractivity contribution in [3.63, 3.8) is 0 Å². The van der Waals surface area contributed by atoms with Crippen LogP contribution in [0.5, 0.6) is 0 Å². The molecule has 6 heteroatoms. The maximum Gasteiger partial charge on any atom is 0.465 e. The van der Waals surface area contributed by atoms with Crippen molar-refractivity contribution in [2.45, 2.75) is 57.6 Å². The Morgan fingerprint density at radius 2 is 1.72 bits per heavy atom. The van der Waals surface area contributed by atoms with Crippen molar-refractivity contribution in [2.75, 3.05) is 5.88 Å². The summed E-state index contributed by atoms with van der Waals surface area (Å²) in [7, 11) is -0.639. The molecule has 1 saturated heterocycles. The van der Waals surface area contributed by atoms with E-state index in [-0.39, 0.29) is 0 Å². The molecule has 18 heavy (non-hydrogen) atoms. The van der Waals surface area contributed by atoms with Gasteiger partial charge in [0.25, 0.3) is 6.08 Å². The van der Waals surface area contributed by atoms with Gasteiger partial charge in [0.05, 0.1) is 11.2 Å². The fraction of sp³-hybridized carbons (Fsp3) is 0.833. The summed E-state index contributed by atoms with van der Waals surface area (Å²) in [4.78, 5) is 0. The van der Waals surface area contributed by atoms with Gasteiger partial charge in [0, 0.05) is 11.7 Å². The van der Waals surface area contributed by atoms with E-state index >= 15 is 0 Å². The summed E-state index contributed by atoms with van der Waals surface area (Å²) < 4.78 is 36.5. The Morgan fingerprint density at radius 1 is 1.22 bits per heavy atom. The fourth-order valence-electron chi connectivity index (χ4n) is 1.84. The molecule has 0 aromatic rings. The molecule has 0 aliphatic carbocycles. The molecule has 1 fully saturated rings. The quantitative estimate of drug-likeness (QED) is 0.554. The molecule has 0 aromatic carbocycles. The van der Waals surface area contributed by atoms with Gasteiger partial charge in [-0.2, -0.15) is 8.78 Å². The van der Waals surface area contributed by atoms with E-state index in [1.54, 1.807) is 0 Å². The molecular weight excluding hydrogens is 260 g/mol. The molecule has 0 amide bonds. The minimum Gasteiger partial charge on any atom is -0.403 e. The topological polar surface area (TPSA) is 18.5 Å². The van der Waals surface area contributed by atoms with Gasteiger partial charge in [-0.05, 0) is 46.6 Å². The zero-order valence-electron chi connectivity index (χ0n) is 11.3. The summed E-state index contributed by atoms with van der Waals surface area (Å²) >= 11 is 5.61. The highest BCUT2D eigenvalue weighted by Gasteiger charge is 2.53. The SMILES string of the molecule is CC1(C)OB([C@@H](C=C(F)F)CCCCl)OC1(C)C. The van der Waals surface area contributed by atoms with Crippen LogP contribution in [0.25, 0.3) is 0 Å². The summed E-state index contributed by atoms with van der Waals surface area (Å²) in [5.74, 6) is -0.0209. The number of rotatable bonds is 5. The molecule has 1 aliphatic rings. The van der Waals surface area contributed by atoms with Crippen molar-refractivity contribution in [1.82, 2.24) is 0 Å². The molecule has 104 valence electrons. The summed E-state index contributed by atoms with van der Waals surface area (Å²) in [6.07, 6.45) is 0.385. The lowest BCUT2D eigenvalue weighted by Gasteiger charge is -2.32. The number of halogens is 3. The summed E-state index contributed by atoms with van der Waals surface area (Å²) in [6.45, 7) is 7.62. The first-order chi connectivity index (χ1) is 8.19. The van der Waals surface area contributed by atoms with Gasteiger partial charge < -0.3 is 9.31 Å². The Morgan fingerprint density at radius 3 is 2.11 bits per heavy atom. The molecule has 0 N–H and O–H groups in total. The highest BCUT2D eigenvalue weighted by atomic mass is 35.5. The van der Waals surface area contributed by atoms with E-state index in [2.05, 4.69) is 0 Å². The van der Waals surface area contributed by atoms with Crippen LogP contribution >= 0.6 is 11.6 Å².